The molecule has 1 amide bonds. The van der Waals surface area contributed by atoms with Crippen molar-refractivity contribution in [1.29, 1.82) is 0 Å². The second kappa shape index (κ2) is 7.02. The van der Waals surface area contributed by atoms with E-state index in [-0.39, 0.29) is 23.3 Å². The molecule has 1 atom stereocenters. The zero-order chi connectivity index (χ0) is 15.3. The largest absolute Gasteiger partial charge is 0.380 e. The first-order chi connectivity index (χ1) is 10.0. The maximum absolute atomic E-state index is 12.0. The molecule has 1 aromatic carbocycles. The molecule has 7 heteroatoms. The van der Waals surface area contributed by atoms with E-state index < -0.39 is 10.0 Å². The molecule has 0 bridgehead atoms. The van der Waals surface area contributed by atoms with E-state index in [9.17, 15) is 13.2 Å². The summed E-state index contributed by atoms with van der Waals surface area (Å²) in [7, 11) is -3.50. The number of nitrogens with one attached hydrogen (secondary N) is 2. The van der Waals surface area contributed by atoms with Gasteiger partial charge in [0.2, 0.25) is 15.9 Å². The third-order valence-electron chi connectivity index (χ3n) is 3.38. The highest BCUT2D eigenvalue weighted by Crippen LogP contribution is 2.24. The second-order valence-electron chi connectivity index (χ2n) is 4.87. The maximum Gasteiger partial charge on any atom is 0.240 e. The smallest absolute Gasteiger partial charge is 0.240 e. The van der Waals surface area contributed by atoms with Gasteiger partial charge >= 0.3 is 0 Å². The number of benzene rings is 1. The molecule has 0 radical (unpaired) electrons. The van der Waals surface area contributed by atoms with Crippen LogP contribution in [0.25, 0.3) is 0 Å². The highest BCUT2D eigenvalue weighted by atomic mass is 32.2. The lowest BCUT2D eigenvalue weighted by Gasteiger charge is -2.10. The van der Waals surface area contributed by atoms with Crippen LogP contribution in [0.3, 0.4) is 0 Å². The standard InChI is InChI=1S/C14H20N2O4S/c1-2-20-8-7-16-21(18,19)13-5-3-11(4-6-13)12-9-14(17)15-10-12/h3-6,12,16H,2,7-10H2,1H3,(H,15,17)/t12-/m1/s1. The molecule has 6 nitrogen and oxygen atoms in total. The molecule has 0 aromatic heterocycles. The molecular weight excluding hydrogens is 292 g/mol. The lowest BCUT2D eigenvalue weighted by atomic mass is 9.99. The predicted molar refractivity (Wildman–Crippen MR) is 78.5 cm³/mol. The number of carbonyl (C=O) groups excluding carboxylic acids is 1. The zero-order valence-corrected chi connectivity index (χ0v) is 12.8. The van der Waals surface area contributed by atoms with E-state index in [1.54, 1.807) is 24.3 Å². The Hall–Kier alpha value is -1.44. The van der Waals surface area contributed by atoms with Gasteiger partial charge in [-0.25, -0.2) is 13.1 Å². The molecule has 0 spiro atoms. The average Bonchev–Trinajstić information content (AvgIpc) is 2.90. The summed E-state index contributed by atoms with van der Waals surface area (Å²) in [5.74, 6) is 0.162. The highest BCUT2D eigenvalue weighted by molar-refractivity contribution is 7.89. The van der Waals surface area contributed by atoms with Crippen LogP contribution in [0, 0.1) is 0 Å². The lowest BCUT2D eigenvalue weighted by molar-refractivity contribution is -0.119. The molecule has 116 valence electrons. The van der Waals surface area contributed by atoms with Gasteiger partial charge in [-0.2, -0.15) is 0 Å². The van der Waals surface area contributed by atoms with Gasteiger partial charge in [-0.1, -0.05) is 12.1 Å². The summed E-state index contributed by atoms with van der Waals surface area (Å²) in [6.45, 7) is 3.63. The fourth-order valence-corrected chi connectivity index (χ4v) is 3.25. The van der Waals surface area contributed by atoms with Crippen molar-refractivity contribution >= 4 is 15.9 Å². The van der Waals surface area contributed by atoms with Crippen molar-refractivity contribution in [2.24, 2.45) is 0 Å². The van der Waals surface area contributed by atoms with E-state index in [4.69, 9.17) is 4.74 Å². The highest BCUT2D eigenvalue weighted by Gasteiger charge is 2.23. The molecule has 0 saturated carbocycles. The van der Waals surface area contributed by atoms with Crippen LogP contribution in [0.2, 0.25) is 0 Å². The van der Waals surface area contributed by atoms with E-state index in [1.165, 1.54) is 0 Å². The van der Waals surface area contributed by atoms with Crippen LogP contribution in [0.15, 0.2) is 29.2 Å². The number of amides is 1. The SMILES string of the molecule is CCOCCNS(=O)(=O)c1ccc([C@H]2CNC(=O)C2)cc1. The number of hydrogen-bond acceptors (Lipinski definition) is 4. The van der Waals surface area contributed by atoms with Crippen molar-refractivity contribution < 1.29 is 17.9 Å². The van der Waals surface area contributed by atoms with E-state index in [0.717, 1.165) is 5.56 Å². The number of carbonyl (C=O) groups is 1. The first kappa shape index (κ1) is 15.9. The molecular formula is C14H20N2O4S. The summed E-state index contributed by atoms with van der Waals surface area (Å²) in [4.78, 5) is 11.4. The topological polar surface area (TPSA) is 84.5 Å². The third kappa shape index (κ3) is 4.26. The van der Waals surface area contributed by atoms with E-state index in [1.807, 2.05) is 6.92 Å². The quantitative estimate of drug-likeness (QED) is 0.722. The Morgan fingerprint density at radius 3 is 2.62 bits per heavy atom. The zero-order valence-electron chi connectivity index (χ0n) is 12.0. The molecule has 0 unspecified atom stereocenters. The van der Waals surface area contributed by atoms with Crippen LogP contribution in [-0.2, 0) is 19.6 Å². The molecule has 21 heavy (non-hydrogen) atoms. The Labute approximate surface area is 124 Å². The van der Waals surface area contributed by atoms with Gasteiger partial charge in [-0.3, -0.25) is 4.79 Å². The Morgan fingerprint density at radius 1 is 1.33 bits per heavy atom. The molecule has 2 rings (SSSR count). The maximum atomic E-state index is 12.0. The second-order valence-corrected chi connectivity index (χ2v) is 6.64. The summed E-state index contributed by atoms with van der Waals surface area (Å²) >= 11 is 0. The first-order valence-corrected chi connectivity index (χ1v) is 8.45. The first-order valence-electron chi connectivity index (χ1n) is 6.97. The van der Waals surface area contributed by atoms with Crippen molar-refractivity contribution in [1.82, 2.24) is 10.0 Å². The summed E-state index contributed by atoms with van der Waals surface area (Å²) < 4.78 is 31.7. The van der Waals surface area contributed by atoms with E-state index >= 15 is 0 Å². The Morgan fingerprint density at radius 2 is 2.05 bits per heavy atom. The van der Waals surface area contributed by atoms with Crippen molar-refractivity contribution in [3.63, 3.8) is 0 Å². The van der Waals surface area contributed by atoms with Crippen LogP contribution in [-0.4, -0.2) is 40.6 Å². The van der Waals surface area contributed by atoms with Crippen molar-refractivity contribution in [2.75, 3.05) is 26.3 Å². The summed E-state index contributed by atoms with van der Waals surface area (Å²) in [5, 5.41) is 2.77. The minimum absolute atomic E-state index is 0.0364. The number of hydrogen-bond donors (Lipinski definition) is 2. The molecule has 1 saturated heterocycles. The van der Waals surface area contributed by atoms with Crippen LogP contribution in [0.1, 0.15) is 24.8 Å². The van der Waals surface area contributed by atoms with E-state index in [0.29, 0.717) is 26.2 Å². The Balaban J connectivity index is 1.99. The number of rotatable bonds is 7. The van der Waals surface area contributed by atoms with Crippen molar-refractivity contribution in [3.8, 4) is 0 Å². The van der Waals surface area contributed by atoms with Gasteiger partial charge in [-0.15, -0.1) is 0 Å². The Bertz CT molecular complexity index is 583. The van der Waals surface area contributed by atoms with Gasteiger partial charge in [0.1, 0.15) is 0 Å². The fraction of sp³-hybridized carbons (Fsp3) is 0.500. The normalized spacial score (nSPS) is 18.7. The van der Waals surface area contributed by atoms with Gasteiger partial charge in [-0.05, 0) is 24.6 Å². The van der Waals surface area contributed by atoms with Gasteiger partial charge < -0.3 is 10.1 Å². The summed E-state index contributed by atoms with van der Waals surface area (Å²) in [6, 6.07) is 6.67. The average molecular weight is 312 g/mol. The van der Waals surface area contributed by atoms with Crippen molar-refractivity contribution in [3.05, 3.63) is 29.8 Å². The number of sulfonamides is 1. The predicted octanol–water partition coefficient (Wildman–Crippen LogP) is 0.605. The minimum Gasteiger partial charge on any atom is -0.380 e. The molecule has 1 aliphatic heterocycles. The number of ether oxygens (including phenoxy) is 1. The van der Waals surface area contributed by atoms with Crippen LogP contribution in [0.5, 0.6) is 0 Å². The lowest BCUT2D eigenvalue weighted by Crippen LogP contribution is -2.27. The van der Waals surface area contributed by atoms with Gasteiger partial charge in [0.05, 0.1) is 11.5 Å². The molecule has 0 aliphatic carbocycles. The molecule has 1 aliphatic rings. The summed E-state index contributed by atoms with van der Waals surface area (Å²) in [5.41, 5.74) is 0.974. The van der Waals surface area contributed by atoms with Crippen LogP contribution in [0.4, 0.5) is 0 Å². The Kier molecular flexibility index (Phi) is 5.33. The molecule has 1 fully saturated rings. The van der Waals surface area contributed by atoms with E-state index in [2.05, 4.69) is 10.0 Å². The molecule has 1 aromatic rings. The fourth-order valence-electron chi connectivity index (χ4n) is 2.24. The van der Waals surface area contributed by atoms with Crippen molar-refractivity contribution in [2.45, 2.75) is 24.2 Å². The summed E-state index contributed by atoms with van der Waals surface area (Å²) in [6.07, 6.45) is 0.457. The molecule has 2 N–H and O–H groups in total. The third-order valence-corrected chi connectivity index (χ3v) is 4.86. The van der Waals surface area contributed by atoms with Gasteiger partial charge in [0, 0.05) is 32.0 Å². The van der Waals surface area contributed by atoms with Crippen LogP contribution < -0.4 is 10.0 Å². The molecule has 1 heterocycles. The van der Waals surface area contributed by atoms with Crippen LogP contribution >= 0.6 is 0 Å². The minimum atomic E-state index is -3.50. The van der Waals surface area contributed by atoms with Gasteiger partial charge in [0.25, 0.3) is 0 Å². The van der Waals surface area contributed by atoms with Gasteiger partial charge in [0.15, 0.2) is 0 Å². The monoisotopic (exact) mass is 312 g/mol.